The maximum atomic E-state index is 13.1. The van der Waals surface area contributed by atoms with Gasteiger partial charge in [-0.1, -0.05) is 0 Å². The highest BCUT2D eigenvalue weighted by Crippen LogP contribution is 2.29. The van der Waals surface area contributed by atoms with E-state index in [4.69, 9.17) is 5.11 Å². The fourth-order valence-electron chi connectivity index (χ4n) is 1.17. The molecular weight excluding hydrogens is 224 g/mol. The summed E-state index contributed by atoms with van der Waals surface area (Å²) in [5.74, 6) is -7.10. The van der Waals surface area contributed by atoms with Crippen molar-refractivity contribution in [2.24, 2.45) is 7.05 Å². The first-order chi connectivity index (χ1) is 7.30. The van der Waals surface area contributed by atoms with Gasteiger partial charge < -0.3 is 14.4 Å². The van der Waals surface area contributed by atoms with Crippen LogP contribution in [0.1, 0.15) is 16.1 Å². The molecular formula is C9H9F2NO4. The molecule has 0 aliphatic rings. The van der Waals surface area contributed by atoms with E-state index in [2.05, 4.69) is 4.74 Å². The van der Waals surface area contributed by atoms with Crippen LogP contribution in [-0.2, 0) is 22.5 Å². The summed E-state index contributed by atoms with van der Waals surface area (Å²) in [6.07, 6.45) is 0.875. The molecule has 0 fully saturated rings. The lowest BCUT2D eigenvalue weighted by Crippen LogP contribution is -2.24. The Balaban J connectivity index is 3.20. The van der Waals surface area contributed by atoms with Gasteiger partial charge in [0.2, 0.25) is 0 Å². The fourth-order valence-corrected chi connectivity index (χ4v) is 1.17. The molecule has 1 rings (SSSR count). The van der Waals surface area contributed by atoms with Crippen LogP contribution < -0.4 is 0 Å². The summed E-state index contributed by atoms with van der Waals surface area (Å²) in [6.45, 7) is 0. The van der Waals surface area contributed by atoms with Crippen LogP contribution in [0.4, 0.5) is 8.78 Å². The van der Waals surface area contributed by atoms with Crippen molar-refractivity contribution >= 4 is 11.9 Å². The van der Waals surface area contributed by atoms with E-state index >= 15 is 0 Å². The number of aliphatic carboxylic acids is 1. The first-order valence-electron chi connectivity index (χ1n) is 4.17. The van der Waals surface area contributed by atoms with Gasteiger partial charge in [-0.25, -0.2) is 9.59 Å². The number of carbonyl (C=O) groups excluding carboxylic acids is 1. The van der Waals surface area contributed by atoms with Crippen molar-refractivity contribution in [1.82, 2.24) is 4.57 Å². The maximum Gasteiger partial charge on any atom is 0.379 e. The van der Waals surface area contributed by atoms with Gasteiger partial charge in [-0.15, -0.1) is 0 Å². The molecule has 7 heteroatoms. The van der Waals surface area contributed by atoms with E-state index in [-0.39, 0.29) is 5.69 Å². The molecule has 88 valence electrons. The minimum atomic E-state index is -4.02. The smallest absolute Gasteiger partial charge is 0.379 e. The molecule has 0 aliphatic heterocycles. The predicted octanol–water partition coefficient (Wildman–Crippen LogP) is 0.988. The fraction of sp³-hybridized carbons (Fsp3) is 0.333. The molecule has 0 aliphatic carbocycles. The first-order valence-corrected chi connectivity index (χ1v) is 4.17. The van der Waals surface area contributed by atoms with E-state index in [1.807, 2.05) is 0 Å². The minimum absolute atomic E-state index is 0.140. The van der Waals surface area contributed by atoms with Gasteiger partial charge >= 0.3 is 17.9 Å². The Kier molecular flexibility index (Phi) is 2.97. The largest absolute Gasteiger partial charge is 0.477 e. The zero-order valence-electron chi connectivity index (χ0n) is 8.53. The van der Waals surface area contributed by atoms with Gasteiger partial charge in [0, 0.05) is 13.2 Å². The van der Waals surface area contributed by atoms with Crippen LogP contribution in [0, 0.1) is 0 Å². The Morgan fingerprint density at radius 1 is 1.50 bits per heavy atom. The summed E-state index contributed by atoms with van der Waals surface area (Å²) in [4.78, 5) is 21.4. The Bertz CT molecular complexity index is 439. The minimum Gasteiger partial charge on any atom is -0.477 e. The Labute approximate surface area is 89.2 Å². The summed E-state index contributed by atoms with van der Waals surface area (Å²) < 4.78 is 31.6. The molecule has 0 saturated heterocycles. The van der Waals surface area contributed by atoms with Gasteiger partial charge in [-0.3, -0.25) is 0 Å². The molecule has 0 unspecified atom stereocenters. The zero-order chi connectivity index (χ0) is 12.5. The Morgan fingerprint density at radius 2 is 2.06 bits per heavy atom. The van der Waals surface area contributed by atoms with E-state index in [9.17, 15) is 18.4 Å². The predicted molar refractivity (Wildman–Crippen MR) is 48.3 cm³/mol. The molecule has 0 bridgehead atoms. The van der Waals surface area contributed by atoms with E-state index < -0.39 is 23.4 Å². The van der Waals surface area contributed by atoms with Gasteiger partial charge in [0.25, 0.3) is 0 Å². The highest BCUT2D eigenvalue weighted by molar-refractivity contribution is 5.88. The number of aromatic nitrogens is 1. The van der Waals surface area contributed by atoms with Crippen LogP contribution in [0.2, 0.25) is 0 Å². The van der Waals surface area contributed by atoms with E-state index in [0.29, 0.717) is 0 Å². The highest BCUT2D eigenvalue weighted by Gasteiger charge is 2.42. The summed E-state index contributed by atoms with van der Waals surface area (Å²) in [5, 5.41) is 8.32. The highest BCUT2D eigenvalue weighted by atomic mass is 19.3. The molecule has 5 nitrogen and oxygen atoms in total. The average molecular weight is 233 g/mol. The summed E-state index contributed by atoms with van der Waals surface area (Å²) in [5.41, 5.74) is -0.902. The molecule has 0 saturated carbocycles. The van der Waals surface area contributed by atoms with E-state index in [0.717, 1.165) is 23.9 Å². The molecule has 0 atom stereocenters. The number of alkyl halides is 2. The van der Waals surface area contributed by atoms with Gasteiger partial charge in [-0.2, -0.15) is 8.78 Å². The van der Waals surface area contributed by atoms with Crippen molar-refractivity contribution in [2.75, 3.05) is 7.11 Å². The number of carboxylic acids is 1. The van der Waals surface area contributed by atoms with Crippen molar-refractivity contribution in [1.29, 1.82) is 0 Å². The van der Waals surface area contributed by atoms with Crippen molar-refractivity contribution in [3.8, 4) is 0 Å². The second-order valence-electron chi connectivity index (χ2n) is 3.10. The SMILES string of the molecule is COC(=O)c1cc(C(F)(F)C(=O)O)cn1C. The van der Waals surface area contributed by atoms with Crippen molar-refractivity contribution in [2.45, 2.75) is 5.92 Å². The Morgan fingerprint density at radius 3 is 2.50 bits per heavy atom. The lowest BCUT2D eigenvalue weighted by molar-refractivity contribution is -0.166. The lowest BCUT2D eigenvalue weighted by atomic mass is 10.2. The van der Waals surface area contributed by atoms with Crippen LogP contribution in [0.25, 0.3) is 0 Å². The molecule has 1 aromatic rings. The summed E-state index contributed by atoms with van der Waals surface area (Å²) >= 11 is 0. The van der Waals surface area contributed by atoms with Gasteiger partial charge in [0.1, 0.15) is 5.69 Å². The van der Waals surface area contributed by atoms with Crippen LogP contribution in [0.5, 0.6) is 0 Å². The number of halogens is 2. The number of ether oxygens (including phenoxy) is 1. The van der Waals surface area contributed by atoms with Crippen molar-refractivity contribution < 1.29 is 28.2 Å². The molecule has 0 aromatic carbocycles. The quantitative estimate of drug-likeness (QED) is 0.790. The number of rotatable bonds is 3. The normalized spacial score (nSPS) is 11.2. The van der Waals surface area contributed by atoms with E-state index in [1.54, 1.807) is 0 Å². The number of esters is 1. The second kappa shape index (κ2) is 3.92. The van der Waals surface area contributed by atoms with Crippen LogP contribution in [0.15, 0.2) is 12.3 Å². The van der Waals surface area contributed by atoms with Crippen LogP contribution >= 0.6 is 0 Å². The number of aryl methyl sites for hydroxylation is 1. The zero-order valence-corrected chi connectivity index (χ0v) is 8.53. The first kappa shape index (κ1) is 12.2. The molecule has 0 radical (unpaired) electrons. The third kappa shape index (κ3) is 1.88. The third-order valence-corrected chi connectivity index (χ3v) is 2.03. The summed E-state index contributed by atoms with van der Waals surface area (Å²) in [7, 11) is 2.44. The lowest BCUT2D eigenvalue weighted by Gasteiger charge is -2.07. The van der Waals surface area contributed by atoms with Gasteiger partial charge in [0.05, 0.1) is 12.7 Å². The molecule has 1 heterocycles. The van der Waals surface area contributed by atoms with Crippen LogP contribution in [0.3, 0.4) is 0 Å². The molecule has 0 amide bonds. The number of carbonyl (C=O) groups is 2. The Hall–Kier alpha value is -1.92. The van der Waals surface area contributed by atoms with Gasteiger partial charge in [0.15, 0.2) is 0 Å². The second-order valence-corrected chi connectivity index (χ2v) is 3.10. The summed E-state index contributed by atoms with van der Waals surface area (Å²) in [6, 6.07) is 0.792. The number of hydrogen-bond acceptors (Lipinski definition) is 3. The van der Waals surface area contributed by atoms with Crippen molar-refractivity contribution in [3.63, 3.8) is 0 Å². The maximum absolute atomic E-state index is 13.1. The standard InChI is InChI=1S/C9H9F2NO4/c1-12-4-5(9(10,11)8(14)15)3-6(12)7(13)16-2/h3-4H,1-2H3,(H,14,15). The van der Waals surface area contributed by atoms with Crippen molar-refractivity contribution in [3.05, 3.63) is 23.5 Å². The molecule has 1 N–H and O–H groups in total. The third-order valence-electron chi connectivity index (χ3n) is 2.03. The number of carboxylic acid groups (broad SMARTS) is 1. The number of nitrogens with zero attached hydrogens (tertiary/aromatic N) is 1. The van der Waals surface area contributed by atoms with Gasteiger partial charge in [-0.05, 0) is 6.07 Å². The molecule has 1 aromatic heterocycles. The van der Waals surface area contributed by atoms with Crippen LogP contribution in [-0.4, -0.2) is 28.7 Å². The monoisotopic (exact) mass is 233 g/mol. The molecule has 0 spiro atoms. The number of hydrogen-bond donors (Lipinski definition) is 1. The number of methoxy groups -OCH3 is 1. The average Bonchev–Trinajstić information content (AvgIpc) is 2.59. The van der Waals surface area contributed by atoms with E-state index in [1.165, 1.54) is 7.05 Å². The molecule has 16 heavy (non-hydrogen) atoms. The topological polar surface area (TPSA) is 68.5 Å².